The van der Waals surface area contributed by atoms with E-state index in [2.05, 4.69) is 0 Å². The van der Waals surface area contributed by atoms with Gasteiger partial charge in [0.25, 0.3) is 0 Å². The molecule has 0 aromatic rings. The highest BCUT2D eigenvalue weighted by Crippen LogP contribution is 2.36. The molecule has 0 amide bonds. The van der Waals surface area contributed by atoms with Crippen LogP contribution >= 0.6 is 7.60 Å². The van der Waals surface area contributed by atoms with E-state index in [4.69, 9.17) is 20.3 Å². The van der Waals surface area contributed by atoms with Crippen molar-refractivity contribution in [2.24, 2.45) is 5.92 Å². The molecule has 0 bridgehead atoms. The van der Waals surface area contributed by atoms with Crippen LogP contribution in [0, 0.1) is 28.6 Å². The zero-order valence-corrected chi connectivity index (χ0v) is 5.82. The zero-order valence-electron chi connectivity index (χ0n) is 4.93. The summed E-state index contributed by atoms with van der Waals surface area (Å²) in [5.74, 6) is -1.21. The lowest BCUT2D eigenvalue weighted by Crippen LogP contribution is -2.00. The molecule has 6 heteroatoms. The first-order chi connectivity index (χ1) is 4.49. The first-order valence-corrected chi connectivity index (χ1v) is 4.13. The van der Waals surface area contributed by atoms with Crippen LogP contribution in [-0.4, -0.2) is 15.9 Å². The van der Waals surface area contributed by atoms with Gasteiger partial charge in [0.2, 0.25) is 0 Å². The van der Waals surface area contributed by atoms with Crippen LogP contribution in [-0.2, 0) is 4.57 Å². The van der Waals surface area contributed by atoms with E-state index in [-0.39, 0.29) is 0 Å². The van der Waals surface area contributed by atoms with Crippen LogP contribution in [0.25, 0.3) is 0 Å². The Labute approximate surface area is 57.7 Å². The van der Waals surface area contributed by atoms with E-state index in [1.54, 1.807) is 0 Å². The molecule has 0 spiro atoms. The normalized spacial score (nSPS) is 10.5. The van der Waals surface area contributed by atoms with Gasteiger partial charge < -0.3 is 9.79 Å². The largest absolute Gasteiger partial charge is 0.327 e. The molecule has 0 aromatic heterocycles. The van der Waals surface area contributed by atoms with Crippen molar-refractivity contribution in [3.05, 3.63) is 0 Å². The molecule has 54 valence electrons. The lowest BCUT2D eigenvalue weighted by atomic mass is 10.2. The van der Waals surface area contributed by atoms with Gasteiger partial charge in [0.1, 0.15) is 5.92 Å². The van der Waals surface area contributed by atoms with Crippen molar-refractivity contribution in [2.75, 3.05) is 6.16 Å². The number of nitrogens with zero attached hydrogens (tertiary/aromatic N) is 2. The molecule has 0 saturated heterocycles. The molecule has 0 aliphatic carbocycles. The van der Waals surface area contributed by atoms with Gasteiger partial charge >= 0.3 is 7.60 Å². The molecule has 0 saturated carbocycles. The number of rotatable bonds is 2. The molecule has 5 nitrogen and oxygen atoms in total. The van der Waals surface area contributed by atoms with Gasteiger partial charge in [-0.25, -0.2) is 0 Å². The Morgan fingerprint density at radius 1 is 1.40 bits per heavy atom. The Morgan fingerprint density at radius 2 is 1.80 bits per heavy atom. The third-order valence-corrected chi connectivity index (χ3v) is 1.57. The van der Waals surface area contributed by atoms with Gasteiger partial charge in [0.05, 0.1) is 18.3 Å². The molecule has 0 atom stereocenters. The van der Waals surface area contributed by atoms with Crippen molar-refractivity contribution in [1.29, 1.82) is 10.5 Å². The van der Waals surface area contributed by atoms with Crippen molar-refractivity contribution in [1.82, 2.24) is 0 Å². The van der Waals surface area contributed by atoms with Gasteiger partial charge in [0.15, 0.2) is 0 Å². The summed E-state index contributed by atoms with van der Waals surface area (Å²) in [5, 5.41) is 16.1. The van der Waals surface area contributed by atoms with E-state index in [1.165, 1.54) is 12.1 Å². The summed E-state index contributed by atoms with van der Waals surface area (Å²) in [4.78, 5) is 16.5. The van der Waals surface area contributed by atoms with E-state index >= 15 is 0 Å². The molecule has 0 fully saturated rings. The van der Waals surface area contributed by atoms with E-state index in [0.717, 1.165) is 0 Å². The van der Waals surface area contributed by atoms with Crippen LogP contribution in [0.1, 0.15) is 0 Å². The summed E-state index contributed by atoms with van der Waals surface area (Å²) >= 11 is 0. The molecule has 0 rings (SSSR count). The summed E-state index contributed by atoms with van der Waals surface area (Å²) in [7, 11) is -4.20. The molecule has 10 heavy (non-hydrogen) atoms. The first-order valence-electron chi connectivity index (χ1n) is 2.33. The number of hydrogen-bond acceptors (Lipinski definition) is 3. The summed E-state index contributed by atoms with van der Waals surface area (Å²) in [5.41, 5.74) is 0. The molecule has 0 heterocycles. The molecule has 0 unspecified atom stereocenters. The van der Waals surface area contributed by atoms with Crippen molar-refractivity contribution in [3.63, 3.8) is 0 Å². The number of hydrogen-bond donors (Lipinski definition) is 2. The SMILES string of the molecule is N#CC(C#N)CP(=O)(O)O. The van der Waals surface area contributed by atoms with Gasteiger partial charge in [-0.3, -0.25) is 4.57 Å². The summed E-state index contributed by atoms with van der Waals surface area (Å²) in [6.07, 6.45) is -0.681. The maximum Gasteiger partial charge on any atom is 0.327 e. The minimum Gasteiger partial charge on any atom is -0.324 e. The Kier molecular flexibility index (Phi) is 3.05. The lowest BCUT2D eigenvalue weighted by molar-refractivity contribution is 0.370. The van der Waals surface area contributed by atoms with Crippen LogP contribution in [0.3, 0.4) is 0 Å². The van der Waals surface area contributed by atoms with E-state index in [1.807, 2.05) is 0 Å². The fourth-order valence-electron chi connectivity index (χ4n) is 0.348. The maximum absolute atomic E-state index is 10.2. The minimum atomic E-state index is -4.20. The van der Waals surface area contributed by atoms with E-state index < -0.39 is 19.7 Å². The van der Waals surface area contributed by atoms with Crippen LogP contribution < -0.4 is 0 Å². The van der Waals surface area contributed by atoms with Crippen LogP contribution in [0.5, 0.6) is 0 Å². The van der Waals surface area contributed by atoms with Gasteiger partial charge in [0, 0.05) is 0 Å². The van der Waals surface area contributed by atoms with Crippen LogP contribution in [0.15, 0.2) is 0 Å². The van der Waals surface area contributed by atoms with Gasteiger partial charge in [-0.15, -0.1) is 0 Å². The Morgan fingerprint density at radius 3 is 1.90 bits per heavy atom. The topological polar surface area (TPSA) is 105 Å². The fraction of sp³-hybridized carbons (Fsp3) is 0.500. The predicted molar refractivity (Wildman–Crippen MR) is 31.6 cm³/mol. The first kappa shape index (κ1) is 9.13. The van der Waals surface area contributed by atoms with Crippen LogP contribution in [0.4, 0.5) is 0 Å². The van der Waals surface area contributed by atoms with Crippen molar-refractivity contribution in [3.8, 4) is 12.1 Å². The summed E-state index contributed by atoms with van der Waals surface area (Å²) in [6, 6.07) is 2.91. The molecule has 0 aromatic carbocycles. The number of nitriles is 2. The quantitative estimate of drug-likeness (QED) is 0.545. The minimum absolute atomic E-state index is 0.681. The molecule has 2 N–H and O–H groups in total. The van der Waals surface area contributed by atoms with Crippen molar-refractivity contribution < 1.29 is 14.4 Å². The molecule has 0 aliphatic rings. The standard InChI is InChI=1S/C4H5N2O3P/c5-1-4(2-6)3-10(7,8)9/h4H,3H2,(H2,7,8,9). The average molecular weight is 160 g/mol. The zero-order chi connectivity index (χ0) is 8.20. The highest BCUT2D eigenvalue weighted by atomic mass is 31.2. The van der Waals surface area contributed by atoms with Crippen LogP contribution in [0.2, 0.25) is 0 Å². The second kappa shape index (κ2) is 3.34. The average Bonchev–Trinajstić information content (AvgIpc) is 1.81. The maximum atomic E-state index is 10.2. The lowest BCUT2D eigenvalue weighted by Gasteiger charge is -2.00. The summed E-state index contributed by atoms with van der Waals surface area (Å²) in [6.45, 7) is 0. The Hall–Kier alpha value is -0.870. The fourth-order valence-corrected chi connectivity index (χ4v) is 0.987. The second-order valence-electron chi connectivity index (χ2n) is 1.66. The van der Waals surface area contributed by atoms with E-state index in [9.17, 15) is 4.57 Å². The monoisotopic (exact) mass is 160 g/mol. The smallest absolute Gasteiger partial charge is 0.324 e. The second-order valence-corrected chi connectivity index (χ2v) is 3.35. The van der Waals surface area contributed by atoms with Crippen molar-refractivity contribution >= 4 is 7.60 Å². The third-order valence-electron chi connectivity index (χ3n) is 0.732. The highest BCUT2D eigenvalue weighted by Gasteiger charge is 2.20. The Bertz CT molecular complexity index is 218. The van der Waals surface area contributed by atoms with Gasteiger partial charge in [-0.05, 0) is 0 Å². The van der Waals surface area contributed by atoms with E-state index in [0.29, 0.717) is 0 Å². The predicted octanol–water partition coefficient (Wildman–Crippen LogP) is -0.173. The van der Waals surface area contributed by atoms with Crippen molar-refractivity contribution in [2.45, 2.75) is 0 Å². The Balaban J connectivity index is 4.07. The highest BCUT2D eigenvalue weighted by molar-refractivity contribution is 7.51. The molecular weight excluding hydrogens is 155 g/mol. The molecule has 0 radical (unpaired) electrons. The third kappa shape index (κ3) is 4.05. The van der Waals surface area contributed by atoms with Gasteiger partial charge in [-0.2, -0.15) is 10.5 Å². The molecule has 0 aliphatic heterocycles. The summed E-state index contributed by atoms with van der Waals surface area (Å²) < 4.78 is 10.2. The van der Waals surface area contributed by atoms with Gasteiger partial charge in [-0.1, -0.05) is 0 Å². The molecular formula is C4H5N2O3P.